The third-order valence-electron chi connectivity index (χ3n) is 2.04. The van der Waals surface area contributed by atoms with Crippen molar-refractivity contribution in [2.24, 2.45) is 0 Å². The zero-order valence-electron chi connectivity index (χ0n) is 8.68. The van der Waals surface area contributed by atoms with Crippen molar-refractivity contribution in [3.05, 3.63) is 42.5 Å². The molecule has 0 aromatic heterocycles. The van der Waals surface area contributed by atoms with Gasteiger partial charge in [-0.2, -0.15) is 0 Å². The first kappa shape index (κ1) is 10.2. The Bertz CT molecular complexity index is 491. The van der Waals surface area contributed by atoms with Gasteiger partial charge in [-0.25, -0.2) is 0 Å². The van der Waals surface area contributed by atoms with Crippen LogP contribution in [0.15, 0.2) is 42.5 Å². The number of benzene rings is 2. The third kappa shape index (κ3) is 2.36. The second-order valence-corrected chi connectivity index (χ2v) is 3.51. The molecule has 0 saturated heterocycles. The van der Waals surface area contributed by atoms with Gasteiger partial charge in [-0.15, -0.1) is 0 Å². The predicted octanol–water partition coefficient (Wildman–Crippen LogP) is 2.23. The molecule has 4 heteroatoms. The van der Waals surface area contributed by atoms with Crippen LogP contribution in [0.3, 0.4) is 0 Å². The fourth-order valence-electron chi connectivity index (χ4n) is 1.42. The van der Waals surface area contributed by atoms with Crippen LogP contribution in [-0.4, -0.2) is 0 Å². The molecule has 0 fully saturated rings. The average molecular weight is 215 g/mol. The lowest BCUT2D eigenvalue weighted by Gasteiger charge is -2.07. The Kier molecular flexibility index (Phi) is 2.55. The van der Waals surface area contributed by atoms with E-state index in [4.69, 9.17) is 21.9 Å². The Hall–Kier alpha value is -2.36. The average Bonchev–Trinajstić information content (AvgIpc) is 2.15. The van der Waals surface area contributed by atoms with Crippen LogP contribution in [0.5, 0.6) is 11.5 Å². The van der Waals surface area contributed by atoms with Gasteiger partial charge in [0.05, 0.1) is 0 Å². The van der Waals surface area contributed by atoms with E-state index in [2.05, 4.69) is 0 Å². The molecule has 0 amide bonds. The number of nitrogens with two attached hydrogens (primary N) is 3. The first-order valence-corrected chi connectivity index (χ1v) is 4.83. The zero-order chi connectivity index (χ0) is 11.5. The van der Waals surface area contributed by atoms with Gasteiger partial charge in [0.25, 0.3) is 0 Å². The Balaban J connectivity index is 2.27. The van der Waals surface area contributed by atoms with E-state index in [0.717, 1.165) is 0 Å². The molecule has 2 aromatic rings. The van der Waals surface area contributed by atoms with Gasteiger partial charge in [-0.1, -0.05) is 6.07 Å². The molecule has 16 heavy (non-hydrogen) atoms. The standard InChI is InChI=1S/C12H13N3O/c13-8-2-1-3-11(5-8)16-12-6-9(14)4-10(15)7-12/h1-7H,13-15H2. The van der Waals surface area contributed by atoms with E-state index in [1.165, 1.54) is 0 Å². The summed E-state index contributed by atoms with van der Waals surface area (Å²) in [4.78, 5) is 0. The van der Waals surface area contributed by atoms with E-state index in [0.29, 0.717) is 28.6 Å². The zero-order valence-corrected chi connectivity index (χ0v) is 8.68. The van der Waals surface area contributed by atoms with Crippen LogP contribution in [-0.2, 0) is 0 Å². The Labute approximate surface area is 93.6 Å². The van der Waals surface area contributed by atoms with Crippen molar-refractivity contribution in [1.82, 2.24) is 0 Å². The van der Waals surface area contributed by atoms with E-state index in [1.54, 1.807) is 30.3 Å². The molecule has 82 valence electrons. The number of ether oxygens (including phenoxy) is 1. The van der Waals surface area contributed by atoms with Crippen LogP contribution in [0.2, 0.25) is 0 Å². The minimum absolute atomic E-state index is 0.568. The van der Waals surface area contributed by atoms with Crippen molar-refractivity contribution in [1.29, 1.82) is 0 Å². The SMILES string of the molecule is Nc1cccc(Oc2cc(N)cc(N)c2)c1. The summed E-state index contributed by atoms with van der Waals surface area (Å²) < 4.78 is 5.58. The van der Waals surface area contributed by atoms with E-state index in [1.807, 2.05) is 12.1 Å². The molecule has 0 spiro atoms. The van der Waals surface area contributed by atoms with Crippen molar-refractivity contribution in [2.45, 2.75) is 0 Å². The fourth-order valence-corrected chi connectivity index (χ4v) is 1.42. The summed E-state index contributed by atoms with van der Waals surface area (Å²) in [5.74, 6) is 1.26. The highest BCUT2D eigenvalue weighted by Gasteiger charge is 2.00. The van der Waals surface area contributed by atoms with Gasteiger partial charge < -0.3 is 21.9 Å². The summed E-state index contributed by atoms with van der Waals surface area (Å²) in [7, 11) is 0. The summed E-state index contributed by atoms with van der Waals surface area (Å²) in [6, 6.07) is 12.3. The molecule has 6 N–H and O–H groups in total. The number of hydrogen-bond acceptors (Lipinski definition) is 4. The Morgan fingerprint density at radius 3 is 1.94 bits per heavy atom. The smallest absolute Gasteiger partial charge is 0.131 e. The van der Waals surface area contributed by atoms with Crippen molar-refractivity contribution < 1.29 is 4.74 Å². The van der Waals surface area contributed by atoms with Crippen molar-refractivity contribution >= 4 is 17.1 Å². The largest absolute Gasteiger partial charge is 0.457 e. The molecule has 0 heterocycles. The number of nitrogen functional groups attached to an aromatic ring is 3. The number of anilines is 3. The van der Waals surface area contributed by atoms with Crippen LogP contribution in [0.25, 0.3) is 0 Å². The highest BCUT2D eigenvalue weighted by molar-refractivity contribution is 5.57. The molecule has 0 aliphatic carbocycles. The molecule has 0 unspecified atom stereocenters. The number of rotatable bonds is 2. The van der Waals surface area contributed by atoms with Gasteiger partial charge in [0.1, 0.15) is 11.5 Å². The van der Waals surface area contributed by atoms with E-state index in [9.17, 15) is 0 Å². The molecule has 0 atom stereocenters. The minimum Gasteiger partial charge on any atom is -0.457 e. The topological polar surface area (TPSA) is 87.3 Å². The first-order valence-electron chi connectivity index (χ1n) is 4.83. The van der Waals surface area contributed by atoms with Gasteiger partial charge in [-0.3, -0.25) is 0 Å². The lowest BCUT2D eigenvalue weighted by atomic mass is 10.2. The summed E-state index contributed by atoms with van der Waals surface area (Å²) in [6.07, 6.45) is 0. The molecule has 0 radical (unpaired) electrons. The van der Waals surface area contributed by atoms with Crippen molar-refractivity contribution in [3.8, 4) is 11.5 Å². The van der Waals surface area contributed by atoms with E-state index >= 15 is 0 Å². The molecule has 2 aromatic carbocycles. The molecule has 0 aliphatic heterocycles. The second kappa shape index (κ2) is 4.02. The Morgan fingerprint density at radius 2 is 1.31 bits per heavy atom. The molecule has 4 nitrogen and oxygen atoms in total. The first-order chi connectivity index (χ1) is 7.63. The molecular formula is C12H13N3O. The Morgan fingerprint density at radius 1 is 0.688 bits per heavy atom. The molecule has 0 bridgehead atoms. The normalized spacial score (nSPS) is 10.0. The van der Waals surface area contributed by atoms with Gasteiger partial charge in [0.2, 0.25) is 0 Å². The monoisotopic (exact) mass is 215 g/mol. The summed E-state index contributed by atoms with van der Waals surface area (Å²) >= 11 is 0. The van der Waals surface area contributed by atoms with Gasteiger partial charge in [-0.05, 0) is 18.2 Å². The quantitative estimate of drug-likeness (QED) is 0.670. The molecule has 0 aliphatic rings. The molecule has 0 saturated carbocycles. The van der Waals surface area contributed by atoms with Gasteiger partial charge in [0.15, 0.2) is 0 Å². The number of hydrogen-bond donors (Lipinski definition) is 3. The van der Waals surface area contributed by atoms with Gasteiger partial charge in [0, 0.05) is 35.3 Å². The maximum Gasteiger partial charge on any atom is 0.131 e. The van der Waals surface area contributed by atoms with E-state index < -0.39 is 0 Å². The highest BCUT2D eigenvalue weighted by atomic mass is 16.5. The highest BCUT2D eigenvalue weighted by Crippen LogP contribution is 2.26. The van der Waals surface area contributed by atoms with Crippen LogP contribution in [0, 0.1) is 0 Å². The second-order valence-electron chi connectivity index (χ2n) is 3.51. The minimum atomic E-state index is 0.568. The van der Waals surface area contributed by atoms with Gasteiger partial charge >= 0.3 is 0 Å². The maximum atomic E-state index is 5.66. The molecule has 2 rings (SSSR count). The summed E-state index contributed by atoms with van der Waals surface area (Å²) in [5, 5.41) is 0. The lowest BCUT2D eigenvalue weighted by Crippen LogP contribution is -1.93. The van der Waals surface area contributed by atoms with E-state index in [-0.39, 0.29) is 0 Å². The van der Waals surface area contributed by atoms with Crippen LogP contribution in [0.1, 0.15) is 0 Å². The predicted molar refractivity (Wildman–Crippen MR) is 66.2 cm³/mol. The molecular weight excluding hydrogens is 202 g/mol. The van der Waals surface area contributed by atoms with Crippen LogP contribution in [0.4, 0.5) is 17.1 Å². The van der Waals surface area contributed by atoms with Crippen molar-refractivity contribution in [2.75, 3.05) is 17.2 Å². The third-order valence-corrected chi connectivity index (χ3v) is 2.04. The summed E-state index contributed by atoms with van der Waals surface area (Å²) in [5.41, 5.74) is 18.7. The summed E-state index contributed by atoms with van der Waals surface area (Å²) in [6.45, 7) is 0. The van der Waals surface area contributed by atoms with Crippen LogP contribution < -0.4 is 21.9 Å². The fraction of sp³-hybridized carbons (Fsp3) is 0. The van der Waals surface area contributed by atoms with Crippen LogP contribution >= 0.6 is 0 Å². The van der Waals surface area contributed by atoms with Crippen molar-refractivity contribution in [3.63, 3.8) is 0 Å². The lowest BCUT2D eigenvalue weighted by molar-refractivity contribution is 0.483. The maximum absolute atomic E-state index is 5.66.